The SMILES string of the molecule is NC(=O)c1ccc(-c2cnccc2OCc2cc[nH]c2)c(-c2c(F)cccc2F)n1. The molecule has 6 nitrogen and oxygen atoms in total. The zero-order valence-electron chi connectivity index (χ0n) is 15.6. The van der Waals surface area contributed by atoms with Gasteiger partial charge in [0.25, 0.3) is 5.91 Å². The minimum Gasteiger partial charge on any atom is -0.488 e. The first kappa shape index (κ1) is 19.3. The van der Waals surface area contributed by atoms with Crippen molar-refractivity contribution < 1.29 is 18.3 Å². The van der Waals surface area contributed by atoms with Crippen LogP contribution >= 0.6 is 0 Å². The van der Waals surface area contributed by atoms with Crippen molar-refractivity contribution in [3.8, 4) is 28.1 Å². The topological polar surface area (TPSA) is 93.9 Å². The largest absolute Gasteiger partial charge is 0.488 e. The molecule has 8 heteroatoms. The Hall–Kier alpha value is -4.07. The normalized spacial score (nSPS) is 10.7. The molecular formula is C22H16F2N4O2. The zero-order valence-corrected chi connectivity index (χ0v) is 15.6. The van der Waals surface area contributed by atoms with E-state index in [1.54, 1.807) is 24.7 Å². The Bertz CT molecular complexity index is 1190. The summed E-state index contributed by atoms with van der Waals surface area (Å²) in [7, 11) is 0. The van der Waals surface area contributed by atoms with Crippen LogP contribution in [0, 0.1) is 11.6 Å². The van der Waals surface area contributed by atoms with Crippen molar-refractivity contribution in [2.75, 3.05) is 0 Å². The minimum absolute atomic E-state index is 0.0682. The fourth-order valence-corrected chi connectivity index (χ4v) is 3.05. The first-order chi connectivity index (χ1) is 14.5. The Kier molecular flexibility index (Phi) is 5.21. The number of nitrogens with two attached hydrogens (primary N) is 1. The summed E-state index contributed by atoms with van der Waals surface area (Å²) < 4.78 is 35.0. The fourth-order valence-electron chi connectivity index (χ4n) is 3.05. The highest BCUT2D eigenvalue weighted by Crippen LogP contribution is 2.38. The summed E-state index contributed by atoms with van der Waals surface area (Å²) in [6.45, 7) is 0.275. The molecule has 30 heavy (non-hydrogen) atoms. The molecule has 0 aliphatic rings. The minimum atomic E-state index is -0.816. The van der Waals surface area contributed by atoms with Crippen molar-refractivity contribution in [2.24, 2.45) is 5.73 Å². The molecule has 0 radical (unpaired) electrons. The number of pyridine rings is 2. The summed E-state index contributed by atoms with van der Waals surface area (Å²) in [6.07, 6.45) is 6.63. The van der Waals surface area contributed by atoms with Gasteiger partial charge in [-0.05, 0) is 36.4 Å². The summed E-state index contributed by atoms with van der Waals surface area (Å²) >= 11 is 0. The standard InChI is InChI=1S/C22H16F2N4O2/c23-16-2-1-3-17(24)20(16)21-14(4-5-18(28-21)22(25)29)15-11-27-9-7-19(15)30-12-13-6-8-26-10-13/h1-11,26H,12H2,(H2,25,29). The van der Waals surface area contributed by atoms with Gasteiger partial charge < -0.3 is 15.5 Å². The van der Waals surface area contributed by atoms with Gasteiger partial charge in [-0.15, -0.1) is 0 Å². The maximum atomic E-state index is 14.6. The van der Waals surface area contributed by atoms with Crippen LogP contribution in [0.5, 0.6) is 5.75 Å². The summed E-state index contributed by atoms with van der Waals surface area (Å²) in [4.78, 5) is 22.8. The number of amides is 1. The fraction of sp³-hybridized carbons (Fsp3) is 0.0455. The third-order valence-corrected chi connectivity index (χ3v) is 4.48. The molecule has 4 rings (SSSR count). The van der Waals surface area contributed by atoms with Gasteiger partial charge >= 0.3 is 0 Å². The van der Waals surface area contributed by atoms with Crippen LogP contribution in [0.15, 0.2) is 67.3 Å². The molecule has 3 N–H and O–H groups in total. The Morgan fingerprint density at radius 2 is 1.87 bits per heavy atom. The molecule has 0 fully saturated rings. The second-order valence-electron chi connectivity index (χ2n) is 6.43. The van der Waals surface area contributed by atoms with Crippen molar-refractivity contribution in [1.82, 2.24) is 15.0 Å². The van der Waals surface area contributed by atoms with Crippen LogP contribution in [0.2, 0.25) is 0 Å². The second kappa shape index (κ2) is 8.12. The quantitative estimate of drug-likeness (QED) is 0.504. The predicted molar refractivity (Wildman–Crippen MR) is 106 cm³/mol. The zero-order chi connectivity index (χ0) is 21.1. The van der Waals surface area contributed by atoms with Gasteiger partial charge in [-0.25, -0.2) is 13.8 Å². The summed E-state index contributed by atoms with van der Waals surface area (Å²) in [6, 6.07) is 9.91. The Labute approximate surface area is 170 Å². The van der Waals surface area contributed by atoms with E-state index in [1.807, 2.05) is 6.07 Å². The number of aromatic amines is 1. The van der Waals surface area contributed by atoms with Gasteiger partial charge in [0, 0.05) is 41.5 Å². The number of carbonyl (C=O) groups is 1. The molecule has 1 amide bonds. The van der Waals surface area contributed by atoms with Gasteiger partial charge in [0.15, 0.2) is 0 Å². The average molecular weight is 406 g/mol. The molecule has 0 saturated carbocycles. The van der Waals surface area contributed by atoms with Crippen molar-refractivity contribution in [2.45, 2.75) is 6.61 Å². The Morgan fingerprint density at radius 3 is 2.57 bits per heavy atom. The molecule has 0 bridgehead atoms. The molecular weight excluding hydrogens is 390 g/mol. The first-order valence-electron chi connectivity index (χ1n) is 8.98. The average Bonchev–Trinajstić information content (AvgIpc) is 3.26. The highest BCUT2D eigenvalue weighted by atomic mass is 19.1. The van der Waals surface area contributed by atoms with E-state index in [2.05, 4.69) is 15.0 Å². The van der Waals surface area contributed by atoms with Gasteiger partial charge in [0.1, 0.15) is 29.7 Å². The van der Waals surface area contributed by atoms with E-state index in [-0.39, 0.29) is 23.6 Å². The van der Waals surface area contributed by atoms with Crippen LogP contribution in [0.25, 0.3) is 22.4 Å². The number of aromatic nitrogens is 3. The third-order valence-electron chi connectivity index (χ3n) is 4.48. The molecule has 0 saturated heterocycles. The van der Waals surface area contributed by atoms with Crippen molar-refractivity contribution >= 4 is 5.91 Å². The van der Waals surface area contributed by atoms with E-state index < -0.39 is 17.5 Å². The lowest BCUT2D eigenvalue weighted by atomic mass is 9.98. The number of halogens is 2. The van der Waals surface area contributed by atoms with Crippen molar-refractivity contribution in [1.29, 1.82) is 0 Å². The van der Waals surface area contributed by atoms with Gasteiger partial charge in [0.05, 0.1) is 11.3 Å². The van der Waals surface area contributed by atoms with Gasteiger partial charge in [-0.1, -0.05) is 6.07 Å². The molecule has 150 valence electrons. The predicted octanol–water partition coefficient (Wildman–Crippen LogP) is 4.09. The van der Waals surface area contributed by atoms with E-state index in [9.17, 15) is 13.6 Å². The Balaban J connectivity index is 1.87. The lowest BCUT2D eigenvalue weighted by Gasteiger charge is -2.15. The van der Waals surface area contributed by atoms with Crippen LogP contribution in [0.3, 0.4) is 0 Å². The number of hydrogen-bond acceptors (Lipinski definition) is 4. The lowest BCUT2D eigenvalue weighted by molar-refractivity contribution is 0.0995. The number of carbonyl (C=O) groups excluding carboxylic acids is 1. The van der Waals surface area contributed by atoms with E-state index >= 15 is 0 Å². The molecule has 0 spiro atoms. The highest BCUT2D eigenvalue weighted by molar-refractivity contribution is 5.93. The molecule has 0 atom stereocenters. The number of benzene rings is 1. The molecule has 3 heterocycles. The monoisotopic (exact) mass is 406 g/mol. The maximum absolute atomic E-state index is 14.6. The van der Waals surface area contributed by atoms with E-state index in [0.717, 1.165) is 17.7 Å². The smallest absolute Gasteiger partial charge is 0.267 e. The van der Waals surface area contributed by atoms with Crippen LogP contribution in [-0.4, -0.2) is 20.9 Å². The molecule has 4 aromatic rings. The first-order valence-corrected chi connectivity index (χ1v) is 8.98. The van der Waals surface area contributed by atoms with Gasteiger partial charge in [-0.2, -0.15) is 0 Å². The maximum Gasteiger partial charge on any atom is 0.267 e. The van der Waals surface area contributed by atoms with Gasteiger partial charge in [-0.3, -0.25) is 9.78 Å². The van der Waals surface area contributed by atoms with Crippen molar-refractivity contribution in [3.05, 3.63) is 90.1 Å². The molecule has 3 aromatic heterocycles. The van der Waals surface area contributed by atoms with Crippen LogP contribution in [0.4, 0.5) is 8.78 Å². The summed E-state index contributed by atoms with van der Waals surface area (Å²) in [5, 5.41) is 0. The second-order valence-corrected chi connectivity index (χ2v) is 6.43. The van der Waals surface area contributed by atoms with E-state index in [1.165, 1.54) is 24.4 Å². The van der Waals surface area contributed by atoms with Crippen LogP contribution in [-0.2, 0) is 6.61 Å². The Morgan fingerprint density at radius 1 is 1.07 bits per heavy atom. The van der Waals surface area contributed by atoms with E-state index in [0.29, 0.717) is 16.9 Å². The van der Waals surface area contributed by atoms with Crippen LogP contribution < -0.4 is 10.5 Å². The van der Waals surface area contributed by atoms with Gasteiger partial charge in [0.2, 0.25) is 0 Å². The highest BCUT2D eigenvalue weighted by Gasteiger charge is 2.21. The molecule has 1 aromatic carbocycles. The summed E-state index contributed by atoms with van der Waals surface area (Å²) in [5.41, 5.74) is 6.51. The number of nitrogens with one attached hydrogen (secondary N) is 1. The third kappa shape index (κ3) is 3.75. The van der Waals surface area contributed by atoms with Crippen LogP contribution in [0.1, 0.15) is 16.1 Å². The number of ether oxygens (including phenoxy) is 1. The molecule has 0 unspecified atom stereocenters. The lowest BCUT2D eigenvalue weighted by Crippen LogP contribution is -2.14. The van der Waals surface area contributed by atoms with Crippen molar-refractivity contribution in [3.63, 3.8) is 0 Å². The molecule has 0 aliphatic heterocycles. The number of hydrogen-bond donors (Lipinski definition) is 2. The van der Waals surface area contributed by atoms with E-state index in [4.69, 9.17) is 10.5 Å². The number of H-pyrrole nitrogens is 1. The number of rotatable bonds is 6. The molecule has 0 aliphatic carbocycles. The number of nitrogens with zero attached hydrogens (tertiary/aromatic N) is 2. The number of primary amides is 1. The summed E-state index contributed by atoms with van der Waals surface area (Å²) in [5.74, 6) is -2.00.